The van der Waals surface area contributed by atoms with Crippen LogP contribution in [0.25, 0.3) is 0 Å². The van der Waals surface area contributed by atoms with E-state index in [0.717, 1.165) is 45.6 Å². The standard InChI is InChI=1S/C46H51BrFN5O5Si/c1-30-42(59(2,3)48)40(25-41(55)50-27-33-12-8-7-11-32(33)23-37(50)28-54)58-46(30)38-24-34(47)16-17-39(38)51(44(46)57)26-31-10-9-15-36(22-31)52-29-53(35-13-5-4-6-14-35)45(43(52)56)18-20-49-21-19-45/h4-17,22,24,30,37,40,42,49,54H,18-21,23,25-29H2,1-3H3/t30-,37+,40+,42-,46+/m1/s1. The maximum atomic E-state index is 16.7. The smallest absolute Gasteiger partial charge is 0.264 e. The van der Waals surface area contributed by atoms with E-state index in [0.29, 0.717) is 43.7 Å². The Morgan fingerprint density at radius 3 is 2.37 bits per heavy atom. The maximum absolute atomic E-state index is 16.7. The molecule has 3 fully saturated rings. The Hall–Kier alpha value is -4.40. The Kier molecular flexibility index (Phi) is 10.3. The Labute approximate surface area is 354 Å². The number of nitrogens with one attached hydrogen (secondary N) is 1. The van der Waals surface area contributed by atoms with Gasteiger partial charge in [0.1, 0.15) is 5.54 Å². The number of piperidine rings is 1. The lowest BCUT2D eigenvalue weighted by molar-refractivity contribution is -0.151. The van der Waals surface area contributed by atoms with Gasteiger partial charge in [0.25, 0.3) is 11.8 Å². The number of para-hydroxylation sites is 1. The van der Waals surface area contributed by atoms with E-state index in [2.05, 4.69) is 38.3 Å². The number of aliphatic hydroxyl groups excluding tert-OH is 1. The topological polar surface area (TPSA) is 106 Å². The van der Waals surface area contributed by atoms with Crippen molar-refractivity contribution in [3.8, 4) is 0 Å². The van der Waals surface area contributed by atoms with Gasteiger partial charge >= 0.3 is 0 Å². The van der Waals surface area contributed by atoms with Crippen molar-refractivity contribution in [1.82, 2.24) is 10.2 Å². The van der Waals surface area contributed by atoms with Gasteiger partial charge in [0.2, 0.25) is 14.3 Å². The average Bonchev–Trinajstić information content (AvgIpc) is 3.77. The molecule has 5 aliphatic rings. The van der Waals surface area contributed by atoms with Crippen LogP contribution in [0.15, 0.2) is 102 Å². The minimum atomic E-state index is -3.55. The highest BCUT2D eigenvalue weighted by Crippen LogP contribution is 2.61. The van der Waals surface area contributed by atoms with Gasteiger partial charge in [-0.05, 0) is 105 Å². The number of rotatable bonds is 8. The number of halogens is 2. The normalized spacial score (nSPS) is 26.3. The summed E-state index contributed by atoms with van der Waals surface area (Å²) < 4.78 is 24.4. The number of hydrogen-bond donors (Lipinski definition) is 2. The number of carbonyl (C=O) groups excluding carboxylic acids is 3. The lowest BCUT2D eigenvalue weighted by Crippen LogP contribution is -2.55. The molecule has 10 nitrogen and oxygen atoms in total. The molecule has 2 spiro atoms. The van der Waals surface area contributed by atoms with Crippen LogP contribution in [0.2, 0.25) is 18.6 Å². The fourth-order valence-electron chi connectivity index (χ4n) is 10.9. The van der Waals surface area contributed by atoms with Gasteiger partial charge in [0, 0.05) is 39.4 Å². The number of hydrogen-bond acceptors (Lipinski definition) is 7. The third-order valence-corrected chi connectivity index (χ3v) is 16.6. The Morgan fingerprint density at radius 1 is 0.932 bits per heavy atom. The van der Waals surface area contributed by atoms with Crippen LogP contribution in [0, 0.1) is 5.92 Å². The minimum absolute atomic E-state index is 0.0725. The van der Waals surface area contributed by atoms with Crippen molar-refractivity contribution in [1.29, 1.82) is 0 Å². The molecule has 308 valence electrons. The molecule has 0 saturated carbocycles. The number of fused-ring (bicyclic) bond motifs is 3. The third kappa shape index (κ3) is 6.64. The molecule has 0 radical (unpaired) electrons. The van der Waals surface area contributed by atoms with Gasteiger partial charge in [0.15, 0.2) is 5.60 Å². The van der Waals surface area contributed by atoms with Gasteiger partial charge in [-0.1, -0.05) is 77.5 Å². The molecule has 3 amide bonds. The number of aliphatic hydroxyl groups is 1. The zero-order valence-electron chi connectivity index (χ0n) is 33.7. The van der Waals surface area contributed by atoms with Crippen LogP contribution in [0.5, 0.6) is 0 Å². The summed E-state index contributed by atoms with van der Waals surface area (Å²) in [4.78, 5) is 51.5. The molecule has 2 N–H and O–H groups in total. The molecule has 59 heavy (non-hydrogen) atoms. The van der Waals surface area contributed by atoms with E-state index in [1.54, 1.807) is 22.9 Å². The highest BCUT2D eigenvalue weighted by molar-refractivity contribution is 9.10. The molecule has 4 aromatic rings. The van der Waals surface area contributed by atoms with Gasteiger partial charge < -0.3 is 34.0 Å². The Balaban J connectivity index is 1.02. The van der Waals surface area contributed by atoms with Crippen molar-refractivity contribution in [2.45, 2.75) is 87.6 Å². The summed E-state index contributed by atoms with van der Waals surface area (Å²) in [7, 11) is -3.55. The lowest BCUT2D eigenvalue weighted by Gasteiger charge is -2.39. The van der Waals surface area contributed by atoms with E-state index < -0.39 is 43.2 Å². The van der Waals surface area contributed by atoms with E-state index in [1.165, 1.54) is 0 Å². The van der Waals surface area contributed by atoms with Crippen molar-refractivity contribution < 1.29 is 28.3 Å². The molecular weight excluding hydrogens is 830 g/mol. The molecule has 0 aromatic heterocycles. The first-order chi connectivity index (χ1) is 28.4. The highest BCUT2D eigenvalue weighted by atomic mass is 79.9. The fourth-order valence-corrected chi connectivity index (χ4v) is 13.7. The summed E-state index contributed by atoms with van der Waals surface area (Å²) in [5.41, 5.74) is 3.23. The molecule has 0 aliphatic carbocycles. The zero-order chi connectivity index (χ0) is 41.3. The lowest BCUT2D eigenvalue weighted by atomic mass is 9.82. The first-order valence-corrected chi connectivity index (χ1v) is 24.5. The van der Waals surface area contributed by atoms with Gasteiger partial charge in [-0.25, -0.2) is 0 Å². The predicted octanol–water partition coefficient (Wildman–Crippen LogP) is 7.04. The molecule has 13 heteroatoms. The van der Waals surface area contributed by atoms with Crippen LogP contribution >= 0.6 is 15.9 Å². The monoisotopic (exact) mass is 879 g/mol. The Bertz CT molecular complexity index is 2290. The predicted molar refractivity (Wildman–Crippen MR) is 232 cm³/mol. The summed E-state index contributed by atoms with van der Waals surface area (Å²) in [5, 5.41) is 13.8. The number of ether oxygens (including phenoxy) is 1. The summed E-state index contributed by atoms with van der Waals surface area (Å²) in [5.74, 6) is -1.02. The fraction of sp³-hybridized carbons (Fsp3) is 0.413. The maximum Gasteiger partial charge on any atom is 0.264 e. The number of nitrogens with zero attached hydrogens (tertiary/aromatic N) is 4. The molecule has 5 aliphatic heterocycles. The first-order valence-electron chi connectivity index (χ1n) is 20.8. The van der Waals surface area contributed by atoms with Gasteiger partial charge in [-0.3, -0.25) is 19.3 Å². The summed E-state index contributed by atoms with van der Waals surface area (Å²) in [6.07, 6.45) is 0.979. The third-order valence-electron chi connectivity index (χ3n) is 13.7. The van der Waals surface area contributed by atoms with Crippen LogP contribution in [0.4, 0.5) is 21.2 Å². The van der Waals surface area contributed by atoms with Crippen molar-refractivity contribution >= 4 is 59.1 Å². The summed E-state index contributed by atoms with van der Waals surface area (Å²) in [6, 6.07) is 31.2. The van der Waals surface area contributed by atoms with Crippen LogP contribution in [-0.4, -0.2) is 80.2 Å². The SMILES string of the molecule is C[C@@H]1[C@@H]([Si](C)(C)F)[C@H](CC(=O)N2Cc3ccccc3C[C@H]2CO)O[C@@]12C(=O)N(Cc1cccc(N3CN(c4ccccc4)C4(CCNCC4)C3=O)c1)c1ccc(Br)cc12. The molecule has 9 rings (SSSR count). The van der Waals surface area contributed by atoms with Crippen LogP contribution in [0.1, 0.15) is 48.4 Å². The van der Waals surface area contributed by atoms with Crippen molar-refractivity contribution in [3.63, 3.8) is 0 Å². The molecule has 5 atom stereocenters. The van der Waals surface area contributed by atoms with E-state index in [-0.39, 0.29) is 37.3 Å². The second-order valence-electron chi connectivity index (χ2n) is 17.4. The molecule has 4 aromatic carbocycles. The van der Waals surface area contributed by atoms with E-state index in [9.17, 15) is 14.7 Å². The minimum Gasteiger partial charge on any atom is -0.394 e. The molecule has 0 bridgehead atoms. The van der Waals surface area contributed by atoms with Crippen LogP contribution in [0.3, 0.4) is 0 Å². The van der Waals surface area contributed by atoms with Crippen LogP contribution < -0.4 is 20.0 Å². The van der Waals surface area contributed by atoms with Crippen molar-refractivity contribution in [2.75, 3.05) is 41.1 Å². The average molecular weight is 881 g/mol. The second-order valence-corrected chi connectivity index (χ2v) is 22.2. The first kappa shape index (κ1) is 40.0. The molecular formula is C46H51BrFN5O5Si. The van der Waals surface area contributed by atoms with Gasteiger partial charge in [-0.2, -0.15) is 0 Å². The Morgan fingerprint density at radius 2 is 1.64 bits per heavy atom. The number of carbonyl (C=O) groups is 3. The van der Waals surface area contributed by atoms with Crippen molar-refractivity contribution in [2.24, 2.45) is 5.92 Å². The van der Waals surface area contributed by atoms with E-state index >= 15 is 8.90 Å². The van der Waals surface area contributed by atoms with Gasteiger partial charge in [0.05, 0.1) is 44.1 Å². The van der Waals surface area contributed by atoms with Crippen LogP contribution in [-0.2, 0) is 44.2 Å². The number of amides is 3. The quantitative estimate of drug-likeness (QED) is 0.145. The summed E-state index contributed by atoms with van der Waals surface area (Å²) in [6.45, 7) is 7.46. The summed E-state index contributed by atoms with van der Waals surface area (Å²) >= 11 is 3.64. The number of benzene rings is 4. The van der Waals surface area contributed by atoms with E-state index in [4.69, 9.17) is 4.74 Å². The molecule has 5 heterocycles. The zero-order valence-corrected chi connectivity index (χ0v) is 36.3. The van der Waals surface area contributed by atoms with Crippen molar-refractivity contribution in [3.05, 3.63) is 124 Å². The van der Waals surface area contributed by atoms with E-state index in [1.807, 2.05) is 96.8 Å². The molecule has 3 saturated heterocycles. The second kappa shape index (κ2) is 15.3. The number of anilines is 3. The highest BCUT2D eigenvalue weighted by Gasteiger charge is 2.67. The largest absolute Gasteiger partial charge is 0.394 e. The van der Waals surface area contributed by atoms with Gasteiger partial charge in [-0.15, -0.1) is 0 Å². The molecule has 0 unspecified atom stereocenters.